The minimum atomic E-state index is -0.881. The highest BCUT2D eigenvalue weighted by molar-refractivity contribution is 7.07. The van der Waals surface area contributed by atoms with Crippen molar-refractivity contribution < 1.29 is 9.53 Å². The number of thiazole rings is 1. The Kier molecular flexibility index (Phi) is 6.43. The van der Waals surface area contributed by atoms with Gasteiger partial charge in [0, 0.05) is 10.0 Å². The molecular weight excluding hydrogens is 481 g/mol. The minimum Gasteiger partial charge on any atom is -0.463 e. The first-order valence-corrected chi connectivity index (χ1v) is 11.5. The monoisotopic (exact) mass is 497 g/mol. The number of nitrogens with zero attached hydrogens (tertiary/aromatic N) is 2. The number of benzene rings is 2. The molecular formula is C24H17Cl2N3O3S. The van der Waals surface area contributed by atoms with E-state index in [9.17, 15) is 14.9 Å². The van der Waals surface area contributed by atoms with Gasteiger partial charge in [0.1, 0.15) is 10.5 Å². The Bertz CT molecular complexity index is 1530. The third-order valence-corrected chi connectivity index (χ3v) is 6.97. The van der Waals surface area contributed by atoms with Gasteiger partial charge in [-0.15, -0.1) is 11.3 Å². The van der Waals surface area contributed by atoms with Gasteiger partial charge in [-0.25, -0.2) is 4.79 Å². The summed E-state index contributed by atoms with van der Waals surface area (Å²) in [5.74, 6) is -1.58. The van der Waals surface area contributed by atoms with E-state index in [2.05, 4.69) is 6.07 Å². The molecule has 1 atom stereocenters. The number of carbonyl (C=O) groups excluding carboxylic acids is 1. The molecule has 166 valence electrons. The summed E-state index contributed by atoms with van der Waals surface area (Å²) in [6.45, 7) is 1.80. The first-order valence-electron chi connectivity index (χ1n) is 9.93. The van der Waals surface area contributed by atoms with Crippen LogP contribution >= 0.6 is 34.5 Å². The third kappa shape index (κ3) is 3.98. The highest BCUT2D eigenvalue weighted by Gasteiger charge is 2.37. The number of hydrogen-bond donors (Lipinski definition) is 1. The summed E-state index contributed by atoms with van der Waals surface area (Å²) < 4.78 is 7.09. The van der Waals surface area contributed by atoms with Crippen molar-refractivity contribution in [3.63, 3.8) is 0 Å². The van der Waals surface area contributed by atoms with Crippen LogP contribution in [0.25, 0.3) is 17.5 Å². The fourth-order valence-electron chi connectivity index (χ4n) is 3.71. The van der Waals surface area contributed by atoms with Gasteiger partial charge >= 0.3 is 5.97 Å². The molecule has 0 amide bonds. The van der Waals surface area contributed by atoms with Crippen molar-refractivity contribution in [1.29, 1.82) is 5.26 Å². The van der Waals surface area contributed by atoms with Crippen molar-refractivity contribution in [1.82, 2.24) is 4.57 Å². The summed E-state index contributed by atoms with van der Waals surface area (Å²) in [6.07, 6.45) is 1.63. The molecule has 9 heteroatoms. The SMILES string of the molecule is CCOC(=O)C1=c2s/c(=C/c3ccccc3Cl)c(=O)n2C(N)=C(C#N)[C@H]1c1ccccc1Cl. The predicted octanol–water partition coefficient (Wildman–Crippen LogP) is 3.21. The number of ether oxygens (including phenoxy) is 1. The maximum Gasteiger partial charge on any atom is 0.338 e. The van der Waals surface area contributed by atoms with E-state index in [-0.39, 0.29) is 28.2 Å². The highest BCUT2D eigenvalue weighted by atomic mass is 35.5. The second-order valence-corrected chi connectivity index (χ2v) is 8.92. The van der Waals surface area contributed by atoms with Crippen LogP contribution in [0, 0.1) is 11.3 Å². The van der Waals surface area contributed by atoms with Gasteiger partial charge in [0.25, 0.3) is 5.56 Å². The zero-order valence-corrected chi connectivity index (χ0v) is 19.7. The molecule has 1 aliphatic heterocycles. The number of nitriles is 1. The molecule has 0 aliphatic carbocycles. The Morgan fingerprint density at radius 1 is 1.21 bits per heavy atom. The maximum atomic E-state index is 13.3. The Balaban J connectivity index is 2.14. The number of aromatic nitrogens is 1. The lowest BCUT2D eigenvalue weighted by Gasteiger charge is -2.25. The molecule has 1 aromatic heterocycles. The summed E-state index contributed by atoms with van der Waals surface area (Å²) in [6, 6.07) is 16.0. The van der Waals surface area contributed by atoms with Gasteiger partial charge in [-0.05, 0) is 36.3 Å². The molecule has 0 spiro atoms. The lowest BCUT2D eigenvalue weighted by atomic mass is 9.84. The zero-order chi connectivity index (χ0) is 23.7. The van der Waals surface area contributed by atoms with Crippen LogP contribution < -0.4 is 20.5 Å². The molecule has 6 nitrogen and oxygen atoms in total. The molecule has 0 fully saturated rings. The molecule has 0 saturated carbocycles. The van der Waals surface area contributed by atoms with E-state index in [0.29, 0.717) is 25.7 Å². The Morgan fingerprint density at radius 3 is 2.52 bits per heavy atom. The Morgan fingerprint density at radius 2 is 1.88 bits per heavy atom. The van der Waals surface area contributed by atoms with Crippen LogP contribution in [0.3, 0.4) is 0 Å². The van der Waals surface area contributed by atoms with Crippen molar-refractivity contribution in [2.75, 3.05) is 6.61 Å². The van der Waals surface area contributed by atoms with Crippen LogP contribution in [0.5, 0.6) is 0 Å². The number of halogens is 2. The van der Waals surface area contributed by atoms with Crippen LogP contribution in [0.15, 0.2) is 58.9 Å². The summed E-state index contributed by atoms with van der Waals surface area (Å²) in [5.41, 5.74) is 7.21. The molecule has 0 radical (unpaired) electrons. The van der Waals surface area contributed by atoms with E-state index in [4.69, 9.17) is 33.7 Å². The fourth-order valence-corrected chi connectivity index (χ4v) is 5.30. The van der Waals surface area contributed by atoms with Gasteiger partial charge in [0.05, 0.1) is 34.3 Å². The molecule has 2 aromatic carbocycles. The van der Waals surface area contributed by atoms with E-state index >= 15 is 0 Å². The number of nitrogens with two attached hydrogens (primary N) is 1. The normalized spacial score (nSPS) is 15.9. The van der Waals surface area contributed by atoms with Crippen LogP contribution in [0.1, 0.15) is 24.0 Å². The van der Waals surface area contributed by atoms with E-state index in [1.807, 2.05) is 0 Å². The molecule has 33 heavy (non-hydrogen) atoms. The zero-order valence-electron chi connectivity index (χ0n) is 17.3. The number of rotatable bonds is 4. The van der Waals surface area contributed by atoms with Crippen molar-refractivity contribution in [3.05, 3.63) is 94.8 Å². The number of esters is 1. The lowest BCUT2D eigenvalue weighted by molar-refractivity contribution is -0.136. The average molecular weight is 498 g/mol. The predicted molar refractivity (Wildman–Crippen MR) is 130 cm³/mol. The second kappa shape index (κ2) is 9.28. The number of hydrogen-bond acceptors (Lipinski definition) is 6. The standard InChI is InChI=1S/C24H17Cl2N3O3S/c1-2-32-24(31)20-19(14-8-4-6-10-17(14)26)15(12-27)21(28)29-22(30)18(33-23(20)29)11-13-7-3-5-9-16(13)25/h3-11,19H,2,28H2,1H3/b18-11+/t19-/m1/s1. The first-order chi connectivity index (χ1) is 15.9. The molecule has 0 unspecified atom stereocenters. The molecule has 0 saturated heterocycles. The van der Waals surface area contributed by atoms with Crippen LogP contribution in [-0.4, -0.2) is 17.1 Å². The number of carbonyl (C=O) groups is 1. The van der Waals surface area contributed by atoms with Crippen molar-refractivity contribution in [3.8, 4) is 6.07 Å². The highest BCUT2D eigenvalue weighted by Crippen LogP contribution is 2.39. The second-order valence-electron chi connectivity index (χ2n) is 7.08. The van der Waals surface area contributed by atoms with Gasteiger partial charge in [-0.3, -0.25) is 9.36 Å². The van der Waals surface area contributed by atoms with Crippen molar-refractivity contribution in [2.45, 2.75) is 12.8 Å². The van der Waals surface area contributed by atoms with Crippen LogP contribution in [0.4, 0.5) is 0 Å². The molecule has 0 bridgehead atoms. The summed E-state index contributed by atoms with van der Waals surface area (Å²) in [4.78, 5) is 26.5. The Labute approximate surface area is 203 Å². The van der Waals surface area contributed by atoms with Gasteiger partial charge in [-0.2, -0.15) is 5.26 Å². The summed E-state index contributed by atoms with van der Waals surface area (Å²) >= 11 is 13.8. The van der Waals surface area contributed by atoms with E-state index in [1.54, 1.807) is 61.5 Å². The van der Waals surface area contributed by atoms with E-state index in [0.717, 1.165) is 11.3 Å². The topological polar surface area (TPSA) is 98.1 Å². The molecule has 2 heterocycles. The maximum absolute atomic E-state index is 13.3. The van der Waals surface area contributed by atoms with Crippen molar-refractivity contribution >= 4 is 58.0 Å². The fraction of sp³-hybridized carbons (Fsp3) is 0.125. The summed E-state index contributed by atoms with van der Waals surface area (Å²) in [5, 5.41) is 10.8. The third-order valence-electron chi connectivity index (χ3n) is 5.17. The molecule has 2 N–H and O–H groups in total. The average Bonchev–Trinajstić information content (AvgIpc) is 3.11. The quantitative estimate of drug-likeness (QED) is 0.558. The smallest absolute Gasteiger partial charge is 0.338 e. The lowest BCUT2D eigenvalue weighted by Crippen LogP contribution is -2.40. The van der Waals surface area contributed by atoms with Crippen LogP contribution in [0.2, 0.25) is 10.0 Å². The first kappa shape index (κ1) is 22.9. The molecule has 1 aliphatic rings. The minimum absolute atomic E-state index is 0.0443. The molecule has 4 rings (SSSR count). The summed E-state index contributed by atoms with van der Waals surface area (Å²) in [7, 11) is 0. The van der Waals surface area contributed by atoms with Gasteiger partial charge in [0.15, 0.2) is 0 Å². The molecule has 3 aromatic rings. The van der Waals surface area contributed by atoms with Gasteiger partial charge in [-0.1, -0.05) is 59.6 Å². The number of allylic oxidation sites excluding steroid dienone is 1. The number of fused-ring (bicyclic) bond motifs is 1. The van der Waals surface area contributed by atoms with Crippen LogP contribution in [-0.2, 0) is 9.53 Å². The van der Waals surface area contributed by atoms with Crippen molar-refractivity contribution in [2.24, 2.45) is 5.73 Å². The largest absolute Gasteiger partial charge is 0.463 e. The van der Waals surface area contributed by atoms with Gasteiger partial charge in [0.2, 0.25) is 0 Å². The van der Waals surface area contributed by atoms with E-state index in [1.165, 1.54) is 4.57 Å². The van der Waals surface area contributed by atoms with E-state index < -0.39 is 17.4 Å². The van der Waals surface area contributed by atoms with Gasteiger partial charge < -0.3 is 10.5 Å². The Hall–Kier alpha value is -3.31.